The Labute approximate surface area is 319 Å². The van der Waals surface area contributed by atoms with Crippen molar-refractivity contribution >= 4 is 5.97 Å². The van der Waals surface area contributed by atoms with Crippen molar-refractivity contribution in [2.45, 2.75) is 167 Å². The summed E-state index contributed by atoms with van der Waals surface area (Å²) in [7, 11) is 0. The molecule has 308 valence electrons. The van der Waals surface area contributed by atoms with Gasteiger partial charge in [-0.05, 0) is 104 Å². The molecule has 0 aromatic heterocycles. The Morgan fingerprint density at radius 2 is 1.52 bits per heavy atom. The molecule has 6 fully saturated rings. The fourth-order valence-corrected chi connectivity index (χ4v) is 13.4. The van der Waals surface area contributed by atoms with Crippen LogP contribution in [0.25, 0.3) is 0 Å². The van der Waals surface area contributed by atoms with Crippen LogP contribution in [0.5, 0.6) is 0 Å². The predicted octanol–water partition coefficient (Wildman–Crippen LogP) is 2.49. The van der Waals surface area contributed by atoms with Crippen LogP contribution in [0.3, 0.4) is 0 Å². The summed E-state index contributed by atoms with van der Waals surface area (Å²) in [5.41, 5.74) is -0.367. The molecule has 18 atom stereocenters. The zero-order valence-electron chi connectivity index (χ0n) is 32.9. The van der Waals surface area contributed by atoms with E-state index in [-0.39, 0.29) is 46.7 Å². The minimum absolute atomic E-state index is 0.0233. The Kier molecular flexibility index (Phi) is 10.6. The van der Waals surface area contributed by atoms with Gasteiger partial charge in [0.15, 0.2) is 12.6 Å². The number of allylic oxidation sites excluding steroid dienone is 2. The van der Waals surface area contributed by atoms with E-state index < -0.39 is 84.8 Å². The van der Waals surface area contributed by atoms with Gasteiger partial charge in [0.05, 0.1) is 31.3 Å². The van der Waals surface area contributed by atoms with E-state index in [0.29, 0.717) is 18.8 Å². The molecule has 4 saturated carbocycles. The van der Waals surface area contributed by atoms with Gasteiger partial charge in [-0.25, -0.2) is 0 Å². The number of carbonyl (C=O) groups is 1. The van der Waals surface area contributed by atoms with Gasteiger partial charge in [0.2, 0.25) is 0 Å². The zero-order valence-corrected chi connectivity index (χ0v) is 32.9. The summed E-state index contributed by atoms with van der Waals surface area (Å²) in [5.74, 6) is -0.265. The minimum atomic E-state index is -1.73. The number of fused-ring (bicyclic) bond motifs is 7. The van der Waals surface area contributed by atoms with Crippen LogP contribution >= 0.6 is 0 Å². The molecule has 13 nitrogen and oxygen atoms in total. The number of carboxylic acid groups (broad SMARTS) is 1. The molecule has 0 aromatic rings. The van der Waals surface area contributed by atoms with Gasteiger partial charge in [0.25, 0.3) is 0 Å². The topological polar surface area (TPSA) is 216 Å². The molecule has 7 rings (SSSR count). The van der Waals surface area contributed by atoms with Crippen molar-refractivity contribution in [3.05, 3.63) is 11.6 Å². The van der Waals surface area contributed by atoms with Crippen LogP contribution in [0.15, 0.2) is 11.6 Å². The third-order valence-corrected chi connectivity index (χ3v) is 17.0. The van der Waals surface area contributed by atoms with E-state index in [1.165, 1.54) is 5.57 Å². The molecule has 5 aliphatic carbocycles. The van der Waals surface area contributed by atoms with Crippen molar-refractivity contribution in [3.8, 4) is 0 Å². The quantitative estimate of drug-likeness (QED) is 0.138. The molecule has 13 heteroatoms. The summed E-state index contributed by atoms with van der Waals surface area (Å²) in [6, 6.07) is 0. The zero-order chi connectivity index (χ0) is 39.4. The van der Waals surface area contributed by atoms with Crippen LogP contribution < -0.4 is 0 Å². The lowest BCUT2D eigenvalue weighted by Crippen LogP contribution is -2.67. The molecule has 0 aromatic carbocycles. The molecular weight excluding hydrogens is 700 g/mol. The second-order valence-corrected chi connectivity index (χ2v) is 20.1. The number of rotatable bonds is 7. The molecule has 7 aliphatic rings. The van der Waals surface area contributed by atoms with E-state index in [4.69, 9.17) is 18.9 Å². The minimum Gasteiger partial charge on any atom is -0.481 e. The van der Waals surface area contributed by atoms with Gasteiger partial charge in [-0.3, -0.25) is 4.79 Å². The van der Waals surface area contributed by atoms with Gasteiger partial charge in [0.1, 0.15) is 42.7 Å². The molecule has 2 aliphatic heterocycles. The van der Waals surface area contributed by atoms with E-state index in [1.54, 1.807) is 0 Å². The number of aliphatic hydroxyl groups excluding tert-OH is 7. The standard InChI is InChI=1S/C41H66O13/c1-36(2)13-15-41(35(49)50)16-14-39(5)21(22(41)17-36)7-8-26-37(3)11-10-27(38(4,20-43)25(37)9-12-40(26,39)6)53-34-32(28(45)23(44)19-51-34)54-33-31(48)30(47)29(46)24(18-42)52-33/h7,22-34,42-48H,8-20H2,1-6H3,(H,49,50)/t22-,23+,24+,25+,26+,27-,28+,29+,30-,31+,32-,33-,34-,37-,38-,39+,40+,41-/m0/s1. The van der Waals surface area contributed by atoms with Crippen LogP contribution in [0.4, 0.5) is 0 Å². The Morgan fingerprint density at radius 1 is 0.815 bits per heavy atom. The van der Waals surface area contributed by atoms with Crippen LogP contribution in [0.2, 0.25) is 0 Å². The molecule has 2 saturated heterocycles. The second-order valence-electron chi connectivity index (χ2n) is 20.1. The van der Waals surface area contributed by atoms with E-state index >= 15 is 0 Å². The highest BCUT2D eigenvalue weighted by molar-refractivity contribution is 5.76. The van der Waals surface area contributed by atoms with Crippen LogP contribution in [-0.2, 0) is 23.7 Å². The van der Waals surface area contributed by atoms with Crippen molar-refractivity contribution in [1.82, 2.24) is 0 Å². The molecule has 0 spiro atoms. The van der Waals surface area contributed by atoms with Crippen LogP contribution in [0, 0.1) is 50.2 Å². The normalized spacial score (nSPS) is 54.3. The summed E-state index contributed by atoms with van der Waals surface area (Å²) in [6.45, 7) is 12.8. The van der Waals surface area contributed by atoms with Gasteiger partial charge >= 0.3 is 5.97 Å². The first-order valence-corrected chi connectivity index (χ1v) is 20.4. The second kappa shape index (κ2) is 14.0. The summed E-state index contributed by atoms with van der Waals surface area (Å²) >= 11 is 0. The van der Waals surface area contributed by atoms with Crippen molar-refractivity contribution < 1.29 is 64.6 Å². The number of hydrogen-bond donors (Lipinski definition) is 8. The average Bonchev–Trinajstić information content (AvgIpc) is 3.12. The number of aliphatic hydroxyl groups is 7. The van der Waals surface area contributed by atoms with Gasteiger partial charge in [-0.15, -0.1) is 0 Å². The van der Waals surface area contributed by atoms with Crippen molar-refractivity contribution in [3.63, 3.8) is 0 Å². The first-order valence-electron chi connectivity index (χ1n) is 20.4. The fraction of sp³-hybridized carbons (Fsp3) is 0.927. The monoisotopic (exact) mass is 766 g/mol. The Morgan fingerprint density at radius 3 is 2.19 bits per heavy atom. The van der Waals surface area contributed by atoms with Crippen molar-refractivity contribution in [2.75, 3.05) is 19.8 Å². The molecule has 0 unspecified atom stereocenters. The lowest BCUT2D eigenvalue weighted by molar-refractivity contribution is -0.368. The Bertz CT molecular complexity index is 1450. The maximum atomic E-state index is 13.0. The van der Waals surface area contributed by atoms with E-state index in [0.717, 1.165) is 51.4 Å². The number of ether oxygens (including phenoxy) is 4. The van der Waals surface area contributed by atoms with E-state index in [9.17, 15) is 45.6 Å². The first kappa shape index (κ1) is 40.9. The smallest absolute Gasteiger partial charge is 0.310 e. The van der Waals surface area contributed by atoms with Gasteiger partial charge in [0, 0.05) is 5.41 Å². The molecule has 54 heavy (non-hydrogen) atoms. The summed E-state index contributed by atoms with van der Waals surface area (Å²) in [6.07, 6.45) is -3.32. The lowest BCUT2D eigenvalue weighted by Gasteiger charge is -2.71. The number of hydrogen-bond acceptors (Lipinski definition) is 12. The highest BCUT2D eigenvalue weighted by Gasteiger charge is 2.70. The molecule has 0 bridgehead atoms. The molecular formula is C41H66O13. The first-order chi connectivity index (χ1) is 25.2. The summed E-state index contributed by atoms with van der Waals surface area (Å²) < 4.78 is 24.1. The van der Waals surface area contributed by atoms with E-state index in [1.807, 2.05) is 0 Å². The fourth-order valence-electron chi connectivity index (χ4n) is 13.4. The van der Waals surface area contributed by atoms with Gasteiger partial charge in [-0.1, -0.05) is 53.2 Å². The predicted molar refractivity (Wildman–Crippen MR) is 193 cm³/mol. The maximum Gasteiger partial charge on any atom is 0.310 e. The van der Waals surface area contributed by atoms with Gasteiger partial charge < -0.3 is 59.8 Å². The molecule has 0 amide bonds. The Hall–Kier alpha value is -1.23. The van der Waals surface area contributed by atoms with Crippen LogP contribution in [0.1, 0.15) is 106 Å². The largest absolute Gasteiger partial charge is 0.481 e. The lowest BCUT2D eigenvalue weighted by atomic mass is 9.33. The third-order valence-electron chi connectivity index (χ3n) is 17.0. The van der Waals surface area contributed by atoms with Crippen LogP contribution in [-0.4, -0.2) is 128 Å². The van der Waals surface area contributed by atoms with E-state index in [2.05, 4.69) is 47.6 Å². The van der Waals surface area contributed by atoms with Crippen molar-refractivity contribution in [1.29, 1.82) is 0 Å². The number of carboxylic acids is 1. The maximum absolute atomic E-state index is 13.0. The average molecular weight is 767 g/mol. The molecule has 2 heterocycles. The molecule has 8 N–H and O–H groups in total. The highest BCUT2D eigenvalue weighted by atomic mass is 16.8. The number of aliphatic carboxylic acids is 1. The summed E-state index contributed by atoms with van der Waals surface area (Å²) in [5, 5.41) is 84.7. The summed E-state index contributed by atoms with van der Waals surface area (Å²) in [4.78, 5) is 13.0. The highest BCUT2D eigenvalue weighted by Crippen LogP contribution is 2.76. The molecule has 0 radical (unpaired) electrons. The Balaban J connectivity index is 1.15. The SMILES string of the molecule is CC1(C)CC[C@]2(C(=O)O)CC[C@]3(C)C(=CC[C@@H]4[C@@]5(C)CC[C@H](O[C@@H]6OC[C@@H](O)[C@@H](O)[C@@H]6O[C@@H]6O[C@H](CO)[C@@H](O)[C@H](O)[C@H]6O)[C@@](C)(CO)[C@@H]5CC[C@]43C)[C@@H]2C1. The third kappa shape index (κ3) is 5.92. The van der Waals surface area contributed by atoms with Gasteiger partial charge in [-0.2, -0.15) is 0 Å². The van der Waals surface area contributed by atoms with Crippen molar-refractivity contribution in [2.24, 2.45) is 50.2 Å².